The van der Waals surface area contributed by atoms with E-state index in [1.54, 1.807) is 17.0 Å². The molecule has 0 bridgehead atoms. The third-order valence-corrected chi connectivity index (χ3v) is 3.55. The highest BCUT2D eigenvalue weighted by Gasteiger charge is 2.32. The van der Waals surface area contributed by atoms with Crippen molar-refractivity contribution < 1.29 is 14.6 Å². The van der Waals surface area contributed by atoms with Gasteiger partial charge in [0, 0.05) is 12.6 Å². The van der Waals surface area contributed by atoms with Gasteiger partial charge in [-0.1, -0.05) is 12.2 Å². The van der Waals surface area contributed by atoms with Gasteiger partial charge in [-0.2, -0.15) is 0 Å². The molecular formula is C13H16N2O3S. The van der Waals surface area contributed by atoms with Gasteiger partial charge < -0.3 is 20.5 Å². The monoisotopic (exact) mass is 280 g/mol. The Bertz CT molecular complexity index is 519. The maximum absolute atomic E-state index is 12.4. The van der Waals surface area contributed by atoms with Crippen LogP contribution in [0, 0.1) is 0 Å². The van der Waals surface area contributed by atoms with Crippen LogP contribution in [0.2, 0.25) is 0 Å². The molecule has 0 aliphatic carbocycles. The standard InChI is InChI=1S/C13H16N2O3S/c1-18-8-4-5-9(11(16)7-8)13(17)15-6-2-3-10(15)12(14)19/h4-5,7,10,16H,2-3,6H2,1H3,(H2,14,19). The largest absolute Gasteiger partial charge is 0.507 e. The molecule has 1 fully saturated rings. The Morgan fingerprint density at radius 1 is 1.58 bits per heavy atom. The molecule has 6 heteroatoms. The normalized spacial score (nSPS) is 18.4. The summed E-state index contributed by atoms with van der Waals surface area (Å²) >= 11 is 4.98. The maximum atomic E-state index is 12.4. The summed E-state index contributed by atoms with van der Waals surface area (Å²) in [5, 5.41) is 9.89. The lowest BCUT2D eigenvalue weighted by molar-refractivity contribution is 0.0767. The number of hydrogen-bond donors (Lipinski definition) is 2. The van der Waals surface area contributed by atoms with E-state index in [-0.39, 0.29) is 23.3 Å². The molecule has 0 radical (unpaired) electrons. The van der Waals surface area contributed by atoms with Crippen LogP contribution in [-0.2, 0) is 0 Å². The molecule has 1 aliphatic rings. The zero-order valence-electron chi connectivity index (χ0n) is 10.6. The van der Waals surface area contributed by atoms with E-state index in [4.69, 9.17) is 22.7 Å². The van der Waals surface area contributed by atoms with Crippen molar-refractivity contribution in [1.29, 1.82) is 0 Å². The number of nitrogens with zero attached hydrogens (tertiary/aromatic N) is 1. The van der Waals surface area contributed by atoms with E-state index in [0.717, 1.165) is 12.8 Å². The Morgan fingerprint density at radius 3 is 2.89 bits per heavy atom. The minimum atomic E-state index is -0.254. The minimum absolute atomic E-state index is 0.0991. The third kappa shape index (κ3) is 2.63. The molecule has 1 aliphatic heterocycles. The highest BCUT2D eigenvalue weighted by molar-refractivity contribution is 7.80. The Hall–Kier alpha value is -1.82. The summed E-state index contributed by atoms with van der Waals surface area (Å²) in [4.78, 5) is 14.3. The number of likely N-dealkylation sites (tertiary alicyclic amines) is 1. The van der Waals surface area contributed by atoms with E-state index in [9.17, 15) is 9.90 Å². The highest BCUT2D eigenvalue weighted by Crippen LogP contribution is 2.27. The number of ether oxygens (including phenoxy) is 1. The number of carbonyl (C=O) groups is 1. The first-order valence-electron chi connectivity index (χ1n) is 6.02. The summed E-state index contributed by atoms with van der Waals surface area (Å²) in [6.45, 7) is 0.603. The van der Waals surface area contributed by atoms with Gasteiger partial charge in [0.25, 0.3) is 5.91 Å². The average molecular weight is 280 g/mol. The Balaban J connectivity index is 2.26. The van der Waals surface area contributed by atoms with Crippen LogP contribution in [0.1, 0.15) is 23.2 Å². The van der Waals surface area contributed by atoms with Crippen molar-refractivity contribution >= 4 is 23.1 Å². The number of nitrogens with two attached hydrogens (primary N) is 1. The SMILES string of the molecule is COc1ccc(C(=O)N2CCCC2C(N)=S)c(O)c1. The van der Waals surface area contributed by atoms with E-state index in [1.807, 2.05) is 0 Å². The molecule has 1 amide bonds. The predicted octanol–water partition coefficient (Wildman–Crippen LogP) is 1.29. The topological polar surface area (TPSA) is 75.8 Å². The summed E-state index contributed by atoms with van der Waals surface area (Å²) in [6.07, 6.45) is 1.64. The molecule has 1 aromatic rings. The summed E-state index contributed by atoms with van der Waals surface area (Å²) in [7, 11) is 1.50. The zero-order valence-corrected chi connectivity index (χ0v) is 11.4. The van der Waals surface area contributed by atoms with E-state index in [2.05, 4.69) is 0 Å². The number of phenols is 1. The lowest BCUT2D eigenvalue weighted by Crippen LogP contribution is -2.42. The summed E-state index contributed by atoms with van der Waals surface area (Å²) in [5.74, 6) is 0.148. The van der Waals surface area contributed by atoms with Gasteiger partial charge in [-0.25, -0.2) is 0 Å². The Kier molecular flexibility index (Phi) is 3.90. The number of thiocarbonyl (C=S) groups is 1. The van der Waals surface area contributed by atoms with Crippen LogP contribution >= 0.6 is 12.2 Å². The minimum Gasteiger partial charge on any atom is -0.507 e. The fourth-order valence-corrected chi connectivity index (χ4v) is 2.52. The van der Waals surface area contributed by atoms with Crippen molar-refractivity contribution in [3.63, 3.8) is 0 Å². The van der Waals surface area contributed by atoms with Gasteiger partial charge in [-0.15, -0.1) is 0 Å². The van der Waals surface area contributed by atoms with Crippen LogP contribution in [0.4, 0.5) is 0 Å². The van der Waals surface area contributed by atoms with Crippen molar-refractivity contribution in [1.82, 2.24) is 4.90 Å². The van der Waals surface area contributed by atoms with Crippen molar-refractivity contribution in [3.8, 4) is 11.5 Å². The smallest absolute Gasteiger partial charge is 0.258 e. The first-order chi connectivity index (χ1) is 9.04. The molecule has 0 aromatic heterocycles. The van der Waals surface area contributed by atoms with E-state index in [0.29, 0.717) is 17.3 Å². The van der Waals surface area contributed by atoms with Crippen LogP contribution in [0.15, 0.2) is 18.2 Å². The number of phenolic OH excluding ortho intramolecular Hbond substituents is 1. The lowest BCUT2D eigenvalue weighted by atomic mass is 10.1. The molecule has 1 heterocycles. The summed E-state index contributed by atoms with van der Waals surface area (Å²) in [5.41, 5.74) is 5.88. The second-order valence-electron chi connectivity index (χ2n) is 4.44. The van der Waals surface area contributed by atoms with Crippen molar-refractivity contribution in [2.45, 2.75) is 18.9 Å². The first kappa shape index (κ1) is 13.6. The molecule has 1 saturated heterocycles. The predicted molar refractivity (Wildman–Crippen MR) is 75.5 cm³/mol. The lowest BCUT2D eigenvalue weighted by Gasteiger charge is -2.24. The maximum Gasteiger partial charge on any atom is 0.258 e. The number of amides is 1. The molecule has 102 valence electrons. The second kappa shape index (κ2) is 5.44. The number of benzene rings is 1. The van der Waals surface area contributed by atoms with Crippen LogP contribution < -0.4 is 10.5 Å². The molecule has 1 aromatic carbocycles. The van der Waals surface area contributed by atoms with Crippen molar-refractivity contribution in [3.05, 3.63) is 23.8 Å². The van der Waals surface area contributed by atoms with Gasteiger partial charge in [0.15, 0.2) is 0 Å². The van der Waals surface area contributed by atoms with Gasteiger partial charge in [0.05, 0.1) is 23.7 Å². The summed E-state index contributed by atoms with van der Waals surface area (Å²) in [6, 6.07) is 4.38. The molecular weight excluding hydrogens is 264 g/mol. The number of hydrogen-bond acceptors (Lipinski definition) is 4. The number of carbonyl (C=O) groups excluding carboxylic acids is 1. The number of methoxy groups -OCH3 is 1. The van der Waals surface area contributed by atoms with Crippen molar-refractivity contribution in [2.24, 2.45) is 5.73 Å². The average Bonchev–Trinajstić information content (AvgIpc) is 2.87. The molecule has 0 spiro atoms. The quantitative estimate of drug-likeness (QED) is 0.816. The molecule has 19 heavy (non-hydrogen) atoms. The van der Waals surface area contributed by atoms with Gasteiger partial charge in [0.1, 0.15) is 11.5 Å². The summed E-state index contributed by atoms with van der Waals surface area (Å²) < 4.78 is 4.99. The molecule has 5 nitrogen and oxygen atoms in total. The van der Waals surface area contributed by atoms with Gasteiger partial charge in [-0.05, 0) is 25.0 Å². The number of aromatic hydroxyl groups is 1. The van der Waals surface area contributed by atoms with Gasteiger partial charge >= 0.3 is 0 Å². The molecule has 2 rings (SSSR count). The Labute approximate surface area is 117 Å². The first-order valence-corrected chi connectivity index (χ1v) is 6.42. The van der Waals surface area contributed by atoms with Crippen LogP contribution in [0.25, 0.3) is 0 Å². The zero-order chi connectivity index (χ0) is 14.0. The molecule has 1 atom stereocenters. The van der Waals surface area contributed by atoms with Crippen LogP contribution in [0.3, 0.4) is 0 Å². The highest BCUT2D eigenvalue weighted by atomic mass is 32.1. The fraction of sp³-hybridized carbons (Fsp3) is 0.385. The number of rotatable bonds is 3. The van der Waals surface area contributed by atoms with E-state index >= 15 is 0 Å². The third-order valence-electron chi connectivity index (χ3n) is 3.28. The molecule has 1 unspecified atom stereocenters. The molecule has 0 saturated carbocycles. The Morgan fingerprint density at radius 2 is 2.32 bits per heavy atom. The van der Waals surface area contributed by atoms with Crippen LogP contribution in [0.5, 0.6) is 11.5 Å². The molecule has 3 N–H and O–H groups in total. The van der Waals surface area contributed by atoms with E-state index < -0.39 is 0 Å². The van der Waals surface area contributed by atoms with Gasteiger partial charge in [0.2, 0.25) is 0 Å². The fourth-order valence-electron chi connectivity index (χ4n) is 2.28. The van der Waals surface area contributed by atoms with E-state index in [1.165, 1.54) is 13.2 Å². The van der Waals surface area contributed by atoms with Crippen LogP contribution in [-0.4, -0.2) is 40.6 Å². The van der Waals surface area contributed by atoms with Crippen molar-refractivity contribution in [2.75, 3.05) is 13.7 Å². The van der Waals surface area contributed by atoms with Gasteiger partial charge in [-0.3, -0.25) is 4.79 Å². The second-order valence-corrected chi connectivity index (χ2v) is 4.91.